The highest BCUT2D eigenvalue weighted by molar-refractivity contribution is 7.92. The van der Waals surface area contributed by atoms with Gasteiger partial charge in [0.2, 0.25) is 0 Å². The monoisotopic (exact) mass is 514 g/mol. The molecule has 0 spiro atoms. The van der Waals surface area contributed by atoms with Gasteiger partial charge in [-0.15, -0.1) is 0 Å². The van der Waals surface area contributed by atoms with Gasteiger partial charge in [0.05, 0.1) is 33.5 Å². The van der Waals surface area contributed by atoms with Gasteiger partial charge in [0, 0.05) is 5.56 Å². The molecule has 1 aromatic heterocycles. The van der Waals surface area contributed by atoms with Gasteiger partial charge >= 0.3 is 0 Å². The summed E-state index contributed by atoms with van der Waals surface area (Å²) in [4.78, 5) is 20.1. The van der Waals surface area contributed by atoms with Crippen LogP contribution in [-0.4, -0.2) is 31.7 Å². The summed E-state index contributed by atoms with van der Waals surface area (Å²) in [5.74, 6) is 0.192. The van der Waals surface area contributed by atoms with E-state index in [0.29, 0.717) is 26.1 Å². The van der Waals surface area contributed by atoms with Gasteiger partial charge in [-0.05, 0) is 49.7 Å². The number of aromatic nitrogens is 1. The van der Waals surface area contributed by atoms with Crippen LogP contribution >= 0.6 is 22.9 Å². The second-order valence-corrected chi connectivity index (χ2v) is 11.8. The number of carbonyl (C=O) groups is 1. The largest absolute Gasteiger partial charge is 0.494 e. The molecule has 9 heteroatoms. The van der Waals surface area contributed by atoms with Crippen LogP contribution in [0.4, 0.5) is 5.13 Å². The van der Waals surface area contributed by atoms with Gasteiger partial charge < -0.3 is 4.74 Å². The molecule has 0 radical (unpaired) electrons. The summed E-state index contributed by atoms with van der Waals surface area (Å²) in [5.41, 5.74) is 1.73. The number of halogens is 1. The van der Waals surface area contributed by atoms with E-state index in [2.05, 4.69) is 4.98 Å². The number of sulfone groups is 1. The summed E-state index contributed by atoms with van der Waals surface area (Å²) in [6.07, 6.45) is 0. The number of ether oxygens (including phenoxy) is 1. The highest BCUT2D eigenvalue weighted by atomic mass is 35.5. The first-order valence-corrected chi connectivity index (χ1v) is 13.3. The minimum Gasteiger partial charge on any atom is -0.494 e. The quantitative estimate of drug-likeness (QED) is 0.303. The number of thiazole rings is 1. The summed E-state index contributed by atoms with van der Waals surface area (Å²) in [6, 6.07) is 19.1. The molecule has 4 rings (SSSR count). The van der Waals surface area contributed by atoms with Crippen molar-refractivity contribution in [2.45, 2.75) is 30.5 Å². The normalized spacial score (nSPS) is 11.7. The lowest BCUT2D eigenvalue weighted by atomic mass is 10.1. The lowest BCUT2D eigenvalue weighted by Gasteiger charge is -2.20. The van der Waals surface area contributed by atoms with Crippen LogP contribution in [-0.2, 0) is 16.4 Å². The Morgan fingerprint density at radius 2 is 1.82 bits per heavy atom. The Morgan fingerprint density at radius 1 is 1.09 bits per heavy atom. The summed E-state index contributed by atoms with van der Waals surface area (Å²) < 4.78 is 31.5. The average molecular weight is 515 g/mol. The Morgan fingerprint density at radius 3 is 2.50 bits per heavy atom. The molecular weight excluding hydrogens is 492 g/mol. The molecule has 0 bridgehead atoms. The molecule has 0 aliphatic rings. The van der Waals surface area contributed by atoms with Crippen molar-refractivity contribution in [2.24, 2.45) is 0 Å². The second-order valence-electron chi connectivity index (χ2n) is 7.92. The lowest BCUT2D eigenvalue weighted by Crippen LogP contribution is -2.30. The van der Waals surface area contributed by atoms with Crippen molar-refractivity contribution in [3.63, 3.8) is 0 Å². The zero-order valence-electron chi connectivity index (χ0n) is 18.9. The third-order valence-corrected chi connectivity index (χ3v) is 9.05. The zero-order valence-corrected chi connectivity index (χ0v) is 21.2. The standard InChI is InChI=1S/C25H23ClN2O4S2/c1-16(2)34(30,31)19-11-7-10-18(14-19)24(29)28(15-17-8-5-4-6-9-17)25-27-22-21(32-3)13-12-20(26)23(22)33-25/h4-14,16H,15H2,1-3H3. The van der Waals surface area contributed by atoms with Gasteiger partial charge in [-0.2, -0.15) is 0 Å². The SMILES string of the molecule is COc1ccc(Cl)c2sc(N(Cc3ccccc3)C(=O)c3cccc(S(=O)(=O)C(C)C)c3)nc12. The van der Waals surface area contributed by atoms with Crippen molar-refractivity contribution in [1.82, 2.24) is 4.98 Å². The van der Waals surface area contributed by atoms with Crippen LogP contribution in [0.15, 0.2) is 71.6 Å². The number of rotatable bonds is 7. The van der Waals surface area contributed by atoms with Crippen molar-refractivity contribution in [1.29, 1.82) is 0 Å². The number of hydrogen-bond acceptors (Lipinski definition) is 6. The van der Waals surface area contributed by atoms with Crippen molar-refractivity contribution in [3.8, 4) is 5.75 Å². The van der Waals surface area contributed by atoms with E-state index in [1.807, 2.05) is 30.3 Å². The molecular formula is C25H23ClN2O4S2. The fraction of sp³-hybridized carbons (Fsp3) is 0.200. The molecule has 0 atom stereocenters. The average Bonchev–Trinajstić information content (AvgIpc) is 3.29. The van der Waals surface area contributed by atoms with E-state index < -0.39 is 15.1 Å². The Bertz CT molecular complexity index is 1450. The number of carbonyl (C=O) groups excluding carboxylic acids is 1. The van der Waals surface area contributed by atoms with Gasteiger partial charge in [0.25, 0.3) is 5.91 Å². The molecule has 6 nitrogen and oxygen atoms in total. The van der Waals surface area contributed by atoms with Crippen molar-refractivity contribution in [2.75, 3.05) is 12.0 Å². The minimum absolute atomic E-state index is 0.113. The number of fused-ring (bicyclic) bond motifs is 1. The third kappa shape index (κ3) is 4.66. The predicted octanol–water partition coefficient (Wildman–Crippen LogP) is 5.99. The number of anilines is 1. The van der Waals surface area contributed by atoms with Crippen molar-refractivity contribution >= 4 is 54.0 Å². The first-order chi connectivity index (χ1) is 16.2. The van der Waals surface area contributed by atoms with E-state index in [9.17, 15) is 13.2 Å². The highest BCUT2D eigenvalue weighted by Crippen LogP contribution is 2.39. The van der Waals surface area contributed by atoms with Gasteiger partial charge in [-0.3, -0.25) is 9.69 Å². The lowest BCUT2D eigenvalue weighted by molar-refractivity contribution is 0.0985. The molecule has 1 amide bonds. The maximum Gasteiger partial charge on any atom is 0.260 e. The fourth-order valence-corrected chi connectivity index (χ4v) is 5.81. The van der Waals surface area contributed by atoms with E-state index in [0.717, 1.165) is 5.56 Å². The van der Waals surface area contributed by atoms with E-state index in [1.54, 1.807) is 45.2 Å². The molecule has 0 saturated carbocycles. The number of amides is 1. The molecule has 0 aliphatic heterocycles. The van der Waals surface area contributed by atoms with Crippen LogP contribution in [0.25, 0.3) is 10.2 Å². The van der Waals surface area contributed by atoms with Crippen molar-refractivity contribution < 1.29 is 17.9 Å². The molecule has 0 N–H and O–H groups in total. The fourth-order valence-electron chi connectivity index (χ4n) is 3.45. The third-order valence-electron chi connectivity index (χ3n) is 5.36. The minimum atomic E-state index is -3.54. The highest BCUT2D eigenvalue weighted by Gasteiger charge is 2.26. The van der Waals surface area contributed by atoms with Crippen LogP contribution in [0.2, 0.25) is 5.02 Å². The smallest absolute Gasteiger partial charge is 0.260 e. The molecule has 3 aromatic carbocycles. The van der Waals surface area contributed by atoms with Crippen LogP contribution in [0.1, 0.15) is 29.8 Å². The van der Waals surface area contributed by atoms with Crippen LogP contribution in [0.5, 0.6) is 5.75 Å². The van der Waals surface area contributed by atoms with E-state index in [1.165, 1.54) is 28.4 Å². The number of nitrogens with zero attached hydrogens (tertiary/aromatic N) is 2. The Labute approximate surface area is 207 Å². The van der Waals surface area contributed by atoms with Gasteiger partial charge in [0.1, 0.15) is 11.3 Å². The molecule has 176 valence electrons. The van der Waals surface area contributed by atoms with Crippen LogP contribution < -0.4 is 9.64 Å². The number of methoxy groups -OCH3 is 1. The molecule has 0 saturated heterocycles. The number of hydrogen-bond donors (Lipinski definition) is 0. The van der Waals surface area contributed by atoms with E-state index in [4.69, 9.17) is 16.3 Å². The Balaban J connectivity index is 1.83. The maximum absolute atomic E-state index is 13.7. The summed E-state index contributed by atoms with van der Waals surface area (Å²) in [5, 5.41) is 0.348. The molecule has 1 heterocycles. The van der Waals surface area contributed by atoms with Crippen LogP contribution in [0, 0.1) is 0 Å². The molecule has 0 unspecified atom stereocenters. The second kappa shape index (κ2) is 9.74. The van der Waals surface area contributed by atoms with Crippen LogP contribution in [0.3, 0.4) is 0 Å². The zero-order chi connectivity index (χ0) is 24.5. The molecule has 0 fully saturated rings. The molecule has 4 aromatic rings. The van der Waals surface area contributed by atoms with Gasteiger partial charge in [-0.25, -0.2) is 13.4 Å². The summed E-state index contributed by atoms with van der Waals surface area (Å²) in [6.45, 7) is 3.48. The summed E-state index contributed by atoms with van der Waals surface area (Å²) in [7, 11) is -1.98. The van der Waals surface area contributed by atoms with E-state index in [-0.39, 0.29) is 22.9 Å². The number of benzene rings is 3. The molecule has 0 aliphatic carbocycles. The Kier molecular flexibility index (Phi) is 6.93. The first-order valence-electron chi connectivity index (χ1n) is 10.5. The van der Waals surface area contributed by atoms with Gasteiger partial charge in [0.15, 0.2) is 15.0 Å². The van der Waals surface area contributed by atoms with Gasteiger partial charge in [-0.1, -0.05) is 59.3 Å². The predicted molar refractivity (Wildman–Crippen MR) is 137 cm³/mol. The topological polar surface area (TPSA) is 76.6 Å². The maximum atomic E-state index is 13.7. The van der Waals surface area contributed by atoms with E-state index >= 15 is 0 Å². The van der Waals surface area contributed by atoms with Crippen molar-refractivity contribution in [3.05, 3.63) is 82.9 Å². The Hall–Kier alpha value is -2.94. The molecule has 34 heavy (non-hydrogen) atoms. The first kappa shape index (κ1) is 24.2. The summed E-state index contributed by atoms with van der Waals surface area (Å²) >= 11 is 7.69.